The van der Waals surface area contributed by atoms with Crippen LogP contribution in [-0.2, 0) is 16.0 Å². The average molecular weight is 333 g/mol. The molecule has 8 nitrogen and oxygen atoms in total. The quantitative estimate of drug-likeness (QED) is 0.860. The highest BCUT2D eigenvalue weighted by molar-refractivity contribution is 5.76. The van der Waals surface area contributed by atoms with Gasteiger partial charge in [0.05, 0.1) is 11.8 Å². The van der Waals surface area contributed by atoms with Crippen molar-refractivity contribution in [2.75, 3.05) is 13.1 Å². The molecule has 0 radical (unpaired) electrons. The highest BCUT2D eigenvalue weighted by atomic mass is 16.5. The summed E-state index contributed by atoms with van der Waals surface area (Å²) in [7, 11) is 0. The van der Waals surface area contributed by atoms with E-state index in [1.807, 2.05) is 0 Å². The van der Waals surface area contributed by atoms with E-state index in [2.05, 4.69) is 10.1 Å². The number of rotatable bonds is 6. The molecule has 1 aliphatic heterocycles. The van der Waals surface area contributed by atoms with Crippen molar-refractivity contribution in [3.63, 3.8) is 0 Å². The Morgan fingerprint density at radius 3 is 2.79 bits per heavy atom. The molecular weight excluding hydrogens is 314 g/mol. The van der Waals surface area contributed by atoms with Gasteiger partial charge in [0.15, 0.2) is 0 Å². The summed E-state index contributed by atoms with van der Waals surface area (Å²) >= 11 is 0. The predicted molar refractivity (Wildman–Crippen MR) is 81.9 cm³/mol. The van der Waals surface area contributed by atoms with Gasteiger partial charge in [0.25, 0.3) is 0 Å². The molecule has 0 unspecified atom stereocenters. The third-order valence-electron chi connectivity index (χ3n) is 4.23. The number of nitrogens with zero attached hydrogens (tertiary/aromatic N) is 3. The molecule has 3 heterocycles. The molecule has 2 aromatic heterocycles. The van der Waals surface area contributed by atoms with Crippen LogP contribution in [0.25, 0.3) is 11.4 Å². The van der Waals surface area contributed by atoms with E-state index in [0.717, 1.165) is 18.4 Å². The molecule has 3 rings (SSSR count). The smallest absolute Gasteiger partial charge is 0.303 e. The number of hydrogen-bond acceptors (Lipinski definition) is 6. The second kappa shape index (κ2) is 7.29. The second-order valence-electron chi connectivity index (χ2n) is 5.95. The number of hydrogen-bond donors (Lipinski definition) is 1. The number of aryl methyl sites for hydroxylation is 1. The first-order chi connectivity index (χ1) is 11.6. The first kappa shape index (κ1) is 16.2. The van der Waals surface area contributed by atoms with Crippen molar-refractivity contribution in [3.8, 4) is 11.4 Å². The van der Waals surface area contributed by atoms with Crippen molar-refractivity contribution < 1.29 is 23.6 Å². The number of furan rings is 1. The molecule has 1 saturated heterocycles. The van der Waals surface area contributed by atoms with Crippen LogP contribution in [0.15, 0.2) is 27.5 Å². The van der Waals surface area contributed by atoms with Crippen molar-refractivity contribution >= 4 is 11.9 Å². The lowest BCUT2D eigenvalue weighted by Crippen LogP contribution is -2.39. The number of carboxylic acids is 1. The summed E-state index contributed by atoms with van der Waals surface area (Å²) in [5.41, 5.74) is 0.733. The van der Waals surface area contributed by atoms with Crippen LogP contribution in [0.1, 0.15) is 31.6 Å². The van der Waals surface area contributed by atoms with E-state index in [1.54, 1.807) is 11.0 Å². The van der Waals surface area contributed by atoms with Gasteiger partial charge in [-0.3, -0.25) is 9.59 Å². The Morgan fingerprint density at radius 2 is 2.12 bits per heavy atom. The number of carbonyl (C=O) groups is 2. The van der Waals surface area contributed by atoms with E-state index >= 15 is 0 Å². The van der Waals surface area contributed by atoms with Crippen molar-refractivity contribution in [2.45, 2.75) is 32.1 Å². The monoisotopic (exact) mass is 333 g/mol. The molecule has 0 spiro atoms. The number of aliphatic carboxylic acids is 1. The minimum absolute atomic E-state index is 0.0341. The Bertz CT molecular complexity index is 686. The van der Waals surface area contributed by atoms with Gasteiger partial charge in [-0.15, -0.1) is 0 Å². The van der Waals surface area contributed by atoms with Crippen LogP contribution >= 0.6 is 0 Å². The molecule has 2 aromatic rings. The maximum Gasteiger partial charge on any atom is 0.303 e. The van der Waals surface area contributed by atoms with Crippen LogP contribution < -0.4 is 0 Å². The summed E-state index contributed by atoms with van der Waals surface area (Å²) in [6.07, 6.45) is 5.41. The van der Waals surface area contributed by atoms with Crippen LogP contribution in [0.2, 0.25) is 0 Å². The number of carboxylic acid groups (broad SMARTS) is 1. The molecule has 0 bridgehead atoms. The zero-order chi connectivity index (χ0) is 16.9. The Labute approximate surface area is 138 Å². The van der Waals surface area contributed by atoms with Gasteiger partial charge in [0, 0.05) is 32.4 Å². The van der Waals surface area contributed by atoms with Gasteiger partial charge in [-0.2, -0.15) is 4.98 Å². The van der Waals surface area contributed by atoms with Crippen molar-refractivity contribution in [3.05, 3.63) is 24.5 Å². The van der Waals surface area contributed by atoms with E-state index in [9.17, 15) is 9.59 Å². The largest absolute Gasteiger partial charge is 0.481 e. The Morgan fingerprint density at radius 1 is 1.33 bits per heavy atom. The van der Waals surface area contributed by atoms with E-state index in [0.29, 0.717) is 37.6 Å². The lowest BCUT2D eigenvalue weighted by Gasteiger charge is -2.31. The predicted octanol–water partition coefficient (Wildman–Crippen LogP) is 1.98. The SMILES string of the molecule is O=C(O)CC1CCN(C(=O)CCc2nc(-c3ccoc3)no2)CC1. The summed E-state index contributed by atoms with van der Waals surface area (Å²) in [5.74, 6) is 0.289. The molecule has 1 aliphatic rings. The van der Waals surface area contributed by atoms with Crippen LogP contribution in [0.3, 0.4) is 0 Å². The summed E-state index contributed by atoms with van der Waals surface area (Å²) < 4.78 is 10.1. The third-order valence-corrected chi connectivity index (χ3v) is 4.23. The molecule has 128 valence electrons. The molecule has 24 heavy (non-hydrogen) atoms. The van der Waals surface area contributed by atoms with E-state index in [-0.39, 0.29) is 18.2 Å². The Hall–Kier alpha value is -2.64. The minimum atomic E-state index is -0.774. The van der Waals surface area contributed by atoms with E-state index in [1.165, 1.54) is 12.5 Å². The summed E-state index contributed by atoms with van der Waals surface area (Å²) in [5, 5.41) is 12.7. The lowest BCUT2D eigenvalue weighted by molar-refractivity contribution is -0.138. The van der Waals surface area contributed by atoms with Gasteiger partial charge in [-0.05, 0) is 24.8 Å². The molecule has 0 aliphatic carbocycles. The molecule has 1 N–H and O–H groups in total. The maximum absolute atomic E-state index is 12.2. The first-order valence-electron chi connectivity index (χ1n) is 7.96. The number of piperidine rings is 1. The summed E-state index contributed by atoms with van der Waals surface area (Å²) in [6.45, 7) is 1.22. The van der Waals surface area contributed by atoms with Crippen molar-refractivity contribution in [1.29, 1.82) is 0 Å². The highest BCUT2D eigenvalue weighted by Gasteiger charge is 2.24. The number of likely N-dealkylation sites (tertiary alicyclic amines) is 1. The number of carbonyl (C=O) groups excluding carboxylic acids is 1. The standard InChI is InChI=1S/C16H19N3O5/c20-14(19-6-3-11(4-7-19)9-15(21)22)2-1-13-17-16(18-24-13)12-5-8-23-10-12/h5,8,10-11H,1-4,6-7,9H2,(H,21,22). The summed E-state index contributed by atoms with van der Waals surface area (Å²) in [6, 6.07) is 1.74. The normalized spacial score (nSPS) is 15.6. The molecule has 0 atom stereocenters. The van der Waals surface area contributed by atoms with Crippen LogP contribution in [0.5, 0.6) is 0 Å². The van der Waals surface area contributed by atoms with Gasteiger partial charge in [0.1, 0.15) is 6.26 Å². The molecule has 0 aromatic carbocycles. The van der Waals surface area contributed by atoms with Crippen molar-refractivity contribution in [2.24, 2.45) is 5.92 Å². The van der Waals surface area contributed by atoms with E-state index in [4.69, 9.17) is 14.0 Å². The second-order valence-corrected chi connectivity index (χ2v) is 5.95. The molecule has 8 heteroatoms. The highest BCUT2D eigenvalue weighted by Crippen LogP contribution is 2.21. The Kier molecular flexibility index (Phi) is 4.93. The number of aromatic nitrogens is 2. The fourth-order valence-corrected chi connectivity index (χ4v) is 2.87. The topological polar surface area (TPSA) is 110 Å². The average Bonchev–Trinajstić information content (AvgIpc) is 3.24. The minimum Gasteiger partial charge on any atom is -0.481 e. The van der Waals surface area contributed by atoms with Gasteiger partial charge < -0.3 is 18.9 Å². The summed E-state index contributed by atoms with van der Waals surface area (Å²) in [4.78, 5) is 29.0. The van der Waals surface area contributed by atoms with E-state index < -0.39 is 5.97 Å². The number of amides is 1. The van der Waals surface area contributed by atoms with Crippen LogP contribution in [0, 0.1) is 5.92 Å². The Balaban J connectivity index is 1.45. The fraction of sp³-hybridized carbons (Fsp3) is 0.500. The maximum atomic E-state index is 12.2. The molecule has 0 saturated carbocycles. The zero-order valence-corrected chi connectivity index (χ0v) is 13.2. The van der Waals surface area contributed by atoms with Crippen LogP contribution in [0.4, 0.5) is 0 Å². The van der Waals surface area contributed by atoms with Gasteiger partial charge >= 0.3 is 5.97 Å². The zero-order valence-electron chi connectivity index (χ0n) is 13.2. The van der Waals surface area contributed by atoms with Gasteiger partial charge in [-0.1, -0.05) is 5.16 Å². The first-order valence-corrected chi connectivity index (χ1v) is 7.96. The fourth-order valence-electron chi connectivity index (χ4n) is 2.87. The van der Waals surface area contributed by atoms with Gasteiger partial charge in [0.2, 0.25) is 17.6 Å². The molecule has 1 fully saturated rings. The molecule has 1 amide bonds. The van der Waals surface area contributed by atoms with Gasteiger partial charge in [-0.25, -0.2) is 0 Å². The van der Waals surface area contributed by atoms with Crippen LogP contribution in [-0.4, -0.2) is 45.1 Å². The molecular formula is C16H19N3O5. The van der Waals surface area contributed by atoms with Crippen molar-refractivity contribution in [1.82, 2.24) is 15.0 Å². The third kappa shape index (κ3) is 4.01. The lowest BCUT2D eigenvalue weighted by atomic mass is 9.93.